The molecule has 0 unspecified atom stereocenters. The van der Waals surface area contributed by atoms with Gasteiger partial charge in [-0.05, 0) is 19.1 Å². The molecule has 14 heavy (non-hydrogen) atoms. The normalized spacial score (nSPS) is 9.21. The molecule has 4 nitrogen and oxygen atoms in total. The second kappa shape index (κ2) is 5.01. The van der Waals surface area contributed by atoms with Crippen molar-refractivity contribution in [1.29, 1.82) is 0 Å². The van der Waals surface area contributed by atoms with Crippen molar-refractivity contribution in [3.63, 3.8) is 0 Å². The molecule has 0 saturated heterocycles. The van der Waals surface area contributed by atoms with Crippen molar-refractivity contribution >= 4 is 18.1 Å². The smallest absolute Gasteiger partial charge is 0.338 e. The van der Waals surface area contributed by atoms with Crippen LogP contribution in [0.1, 0.15) is 17.3 Å². The van der Waals surface area contributed by atoms with E-state index in [0.29, 0.717) is 12.3 Å². The van der Waals surface area contributed by atoms with E-state index in [1.807, 2.05) is 0 Å². The number of ether oxygens (including phenoxy) is 1. The van der Waals surface area contributed by atoms with Crippen LogP contribution in [0.4, 0.5) is 5.69 Å². The van der Waals surface area contributed by atoms with E-state index in [1.165, 1.54) is 6.41 Å². The maximum absolute atomic E-state index is 11.2. The average Bonchev–Trinajstić information content (AvgIpc) is 2.19. The number of anilines is 1. The number of carbonyl (C=O) groups excluding carboxylic acids is 2. The zero-order chi connectivity index (χ0) is 10.4. The van der Waals surface area contributed by atoms with E-state index < -0.39 is 5.97 Å². The zero-order valence-corrected chi connectivity index (χ0v) is 7.66. The molecule has 0 aliphatic carbocycles. The molecule has 0 aliphatic rings. The Balaban J connectivity index is 2.82. The van der Waals surface area contributed by atoms with Gasteiger partial charge in [0.25, 0.3) is 0 Å². The lowest BCUT2D eigenvalue weighted by Crippen LogP contribution is -2.05. The second-order valence-corrected chi connectivity index (χ2v) is 2.43. The lowest BCUT2D eigenvalue weighted by atomic mass is 10.2. The minimum absolute atomic E-state index is 0.284. The van der Waals surface area contributed by atoms with Crippen LogP contribution in [0.25, 0.3) is 0 Å². The second-order valence-electron chi connectivity index (χ2n) is 2.43. The molecule has 0 saturated carbocycles. The fraction of sp³-hybridized carbons (Fsp3) is 0.200. The van der Waals surface area contributed by atoms with Gasteiger partial charge in [-0.2, -0.15) is 0 Å². The van der Waals surface area contributed by atoms with E-state index in [2.05, 4.69) is 11.4 Å². The third-order valence-electron chi connectivity index (χ3n) is 1.48. The third-order valence-corrected chi connectivity index (χ3v) is 1.48. The van der Waals surface area contributed by atoms with Crippen LogP contribution in [0.5, 0.6) is 0 Å². The van der Waals surface area contributed by atoms with Crippen LogP contribution < -0.4 is 5.32 Å². The molecular formula is C10H9NO3. The monoisotopic (exact) mass is 191 g/mol. The first-order valence-corrected chi connectivity index (χ1v) is 4.10. The minimum Gasteiger partial charge on any atom is -0.462 e. The summed E-state index contributed by atoms with van der Waals surface area (Å²) in [5.74, 6) is -0.456. The van der Waals surface area contributed by atoms with Crippen molar-refractivity contribution in [3.05, 3.63) is 29.8 Å². The summed E-state index contributed by atoms with van der Waals surface area (Å²) < 4.78 is 4.76. The molecule has 0 fully saturated rings. The highest BCUT2D eigenvalue weighted by atomic mass is 16.5. The van der Waals surface area contributed by atoms with E-state index in [4.69, 9.17) is 4.74 Å². The minimum atomic E-state index is -0.456. The van der Waals surface area contributed by atoms with Gasteiger partial charge in [-0.1, -0.05) is 6.07 Å². The van der Waals surface area contributed by atoms with Gasteiger partial charge in [-0.3, -0.25) is 4.79 Å². The Labute approximate surface area is 81.9 Å². The van der Waals surface area contributed by atoms with Gasteiger partial charge in [0, 0.05) is 6.07 Å². The summed E-state index contributed by atoms with van der Waals surface area (Å²) in [6.45, 7) is 2.03. The van der Waals surface area contributed by atoms with Gasteiger partial charge in [0.15, 0.2) is 0 Å². The van der Waals surface area contributed by atoms with Crippen molar-refractivity contribution < 1.29 is 14.3 Å². The van der Waals surface area contributed by atoms with Gasteiger partial charge in [-0.15, -0.1) is 0 Å². The van der Waals surface area contributed by atoms with Crippen LogP contribution in [0, 0.1) is 6.07 Å². The summed E-state index contributed by atoms with van der Waals surface area (Å²) in [6.07, 6.45) is 1.50. The van der Waals surface area contributed by atoms with Crippen molar-refractivity contribution in [1.82, 2.24) is 0 Å². The SMILES string of the molecule is CCOC(=O)c1[c]c(N[C]=O)ccc1. The highest BCUT2D eigenvalue weighted by Crippen LogP contribution is 2.09. The number of rotatable bonds is 4. The van der Waals surface area contributed by atoms with Crippen LogP contribution in [0.2, 0.25) is 0 Å². The van der Waals surface area contributed by atoms with E-state index in [1.54, 1.807) is 25.1 Å². The molecule has 72 valence electrons. The Morgan fingerprint density at radius 1 is 1.64 bits per heavy atom. The predicted octanol–water partition coefficient (Wildman–Crippen LogP) is 1.14. The topological polar surface area (TPSA) is 55.4 Å². The molecule has 1 rings (SSSR count). The number of carbonyl (C=O) groups is 1. The Morgan fingerprint density at radius 2 is 2.43 bits per heavy atom. The fourth-order valence-electron chi connectivity index (χ4n) is 0.925. The number of benzene rings is 1. The van der Waals surface area contributed by atoms with Crippen molar-refractivity contribution in [2.24, 2.45) is 0 Å². The first-order valence-electron chi connectivity index (χ1n) is 4.10. The zero-order valence-electron chi connectivity index (χ0n) is 7.66. The summed E-state index contributed by atoms with van der Waals surface area (Å²) in [5, 5.41) is 2.28. The van der Waals surface area contributed by atoms with E-state index >= 15 is 0 Å². The summed E-state index contributed by atoms with van der Waals surface area (Å²) in [7, 11) is 0. The molecule has 4 heteroatoms. The van der Waals surface area contributed by atoms with Gasteiger partial charge >= 0.3 is 12.4 Å². The molecule has 0 atom stereocenters. The molecule has 0 heterocycles. The average molecular weight is 191 g/mol. The van der Waals surface area contributed by atoms with Crippen LogP contribution >= 0.6 is 0 Å². The number of amides is 1. The number of hydrogen-bond donors (Lipinski definition) is 1. The van der Waals surface area contributed by atoms with Gasteiger partial charge in [0.1, 0.15) is 0 Å². The quantitative estimate of drug-likeness (QED) is 0.573. The molecule has 0 aromatic heterocycles. The van der Waals surface area contributed by atoms with E-state index in [-0.39, 0.29) is 5.56 Å². The molecule has 1 amide bonds. The Morgan fingerprint density at radius 3 is 3.07 bits per heavy atom. The van der Waals surface area contributed by atoms with Crippen LogP contribution in [-0.4, -0.2) is 19.0 Å². The Kier molecular flexibility index (Phi) is 3.67. The van der Waals surface area contributed by atoms with Gasteiger partial charge in [0.2, 0.25) is 0 Å². The van der Waals surface area contributed by atoms with Crippen LogP contribution in [-0.2, 0) is 9.53 Å². The number of esters is 1. The van der Waals surface area contributed by atoms with Crippen LogP contribution in [0.3, 0.4) is 0 Å². The predicted molar refractivity (Wildman–Crippen MR) is 50.6 cm³/mol. The van der Waals surface area contributed by atoms with Gasteiger partial charge in [-0.25, -0.2) is 4.79 Å². The molecule has 0 spiro atoms. The maximum Gasteiger partial charge on any atom is 0.338 e. The van der Waals surface area contributed by atoms with Crippen molar-refractivity contribution in [2.75, 3.05) is 11.9 Å². The van der Waals surface area contributed by atoms with Crippen molar-refractivity contribution in [2.45, 2.75) is 6.92 Å². The molecule has 0 aliphatic heterocycles. The fourth-order valence-corrected chi connectivity index (χ4v) is 0.925. The third kappa shape index (κ3) is 2.58. The molecule has 0 bridgehead atoms. The van der Waals surface area contributed by atoms with E-state index in [0.717, 1.165) is 0 Å². The Bertz CT molecular complexity index is 336. The van der Waals surface area contributed by atoms with Gasteiger partial charge < -0.3 is 10.1 Å². The lowest BCUT2D eigenvalue weighted by molar-refractivity contribution is 0.0526. The summed E-state index contributed by atoms with van der Waals surface area (Å²) in [5.41, 5.74) is 0.678. The number of hydrogen-bond acceptors (Lipinski definition) is 3. The van der Waals surface area contributed by atoms with Crippen molar-refractivity contribution in [3.8, 4) is 0 Å². The molecule has 2 radical (unpaired) electrons. The number of nitrogens with one attached hydrogen (secondary N) is 1. The molecule has 1 N–H and O–H groups in total. The molecular weight excluding hydrogens is 182 g/mol. The maximum atomic E-state index is 11.2. The van der Waals surface area contributed by atoms with Gasteiger partial charge in [0.05, 0.1) is 17.9 Å². The summed E-state index contributed by atoms with van der Waals surface area (Å²) in [6, 6.07) is 7.48. The largest absolute Gasteiger partial charge is 0.462 e. The highest BCUT2D eigenvalue weighted by Gasteiger charge is 2.06. The standard InChI is InChI=1S/C10H9NO3/c1-2-14-10(13)8-4-3-5-9(6-8)11-7-12/h3-5H,2H2,1H3,(H,11,12). The first kappa shape index (κ1) is 10.2. The van der Waals surface area contributed by atoms with Crippen LogP contribution in [0.15, 0.2) is 18.2 Å². The lowest BCUT2D eigenvalue weighted by Gasteiger charge is -2.02. The Hall–Kier alpha value is -1.84. The first-order chi connectivity index (χ1) is 6.77. The highest BCUT2D eigenvalue weighted by molar-refractivity contribution is 5.90. The summed E-state index contributed by atoms with van der Waals surface area (Å²) >= 11 is 0. The molecule has 1 aromatic rings. The van der Waals surface area contributed by atoms with E-state index in [9.17, 15) is 9.59 Å². The molecule has 1 aromatic carbocycles. The summed E-state index contributed by atoms with van der Waals surface area (Å²) in [4.78, 5) is 21.2.